The summed E-state index contributed by atoms with van der Waals surface area (Å²) < 4.78 is 26.8. The maximum Gasteiger partial charge on any atom is 0.315 e. The van der Waals surface area contributed by atoms with Gasteiger partial charge in [0.1, 0.15) is 34.8 Å². The summed E-state index contributed by atoms with van der Waals surface area (Å²) in [5.41, 5.74) is 2.35. The van der Waals surface area contributed by atoms with E-state index in [0.29, 0.717) is 76.6 Å². The number of hydrogen-bond acceptors (Lipinski definition) is 12. The highest BCUT2D eigenvalue weighted by atomic mass is 35.5. The van der Waals surface area contributed by atoms with Gasteiger partial charge in [-0.05, 0) is 61.3 Å². The number of ether oxygens (including phenoxy) is 2. The van der Waals surface area contributed by atoms with Gasteiger partial charge in [0.2, 0.25) is 23.6 Å². The van der Waals surface area contributed by atoms with Crippen molar-refractivity contribution in [1.82, 2.24) is 41.5 Å². The van der Waals surface area contributed by atoms with Crippen molar-refractivity contribution in [2.24, 2.45) is 11.8 Å². The highest BCUT2D eigenvalue weighted by Crippen LogP contribution is 2.60. The fourth-order valence-electron chi connectivity index (χ4n) is 11.0. The van der Waals surface area contributed by atoms with Gasteiger partial charge in [0.25, 0.3) is 12.2 Å². The fraction of sp³-hybridized carbons (Fsp3) is 0.434. The third-order valence-corrected chi connectivity index (χ3v) is 16.9. The second kappa shape index (κ2) is 19.9. The van der Waals surface area contributed by atoms with Crippen molar-refractivity contribution in [2.45, 2.75) is 119 Å². The molecule has 1 spiro atoms. The average molecular weight is 1050 g/mol. The van der Waals surface area contributed by atoms with Gasteiger partial charge in [0.15, 0.2) is 27.8 Å². The number of nitrogens with zero attached hydrogens (tertiary/aromatic N) is 2. The first-order valence-corrected chi connectivity index (χ1v) is 26.8. The minimum absolute atomic E-state index is 0.00704. The van der Waals surface area contributed by atoms with Crippen molar-refractivity contribution in [3.63, 3.8) is 0 Å². The highest BCUT2D eigenvalue weighted by molar-refractivity contribution is 8.00. The van der Waals surface area contributed by atoms with E-state index in [2.05, 4.69) is 31.6 Å². The van der Waals surface area contributed by atoms with Crippen LogP contribution in [-0.2, 0) is 26.2 Å². The smallest absolute Gasteiger partial charge is 0.315 e. The van der Waals surface area contributed by atoms with Crippen molar-refractivity contribution in [3.8, 4) is 34.4 Å². The van der Waals surface area contributed by atoms with Crippen LogP contribution in [-0.4, -0.2) is 91.9 Å². The zero-order chi connectivity index (χ0) is 50.7. The van der Waals surface area contributed by atoms with Crippen LogP contribution in [0, 0.1) is 11.8 Å². The van der Waals surface area contributed by atoms with Crippen LogP contribution in [0.1, 0.15) is 100 Å². The molecule has 0 saturated carbocycles. The van der Waals surface area contributed by atoms with Crippen LogP contribution in [0.2, 0.25) is 10.3 Å². The van der Waals surface area contributed by atoms with Gasteiger partial charge in [-0.1, -0.05) is 105 Å². The molecule has 3 aromatic carbocycles. The number of aliphatic hydroxyl groups is 1. The minimum Gasteiger partial charge on any atom is -0.453 e. The number of carbonyl (C=O) groups is 4. The summed E-state index contributed by atoms with van der Waals surface area (Å²) in [6.45, 7) is 6.12. The molecule has 1 unspecified atom stereocenters. The molecule has 11 rings (SSSR count). The van der Waals surface area contributed by atoms with E-state index in [1.54, 1.807) is 6.92 Å². The van der Waals surface area contributed by atoms with Crippen molar-refractivity contribution in [1.29, 1.82) is 0 Å². The number of fused-ring (bicyclic) bond motifs is 6. The number of oxazole rings is 2. The molecule has 73 heavy (non-hydrogen) atoms. The molecule has 2 fully saturated rings. The molecular weight excluding hydrogens is 996 g/mol. The molecule has 3 aromatic heterocycles. The molecular formula is C53H56Cl2N8O9S. The monoisotopic (exact) mass is 1050 g/mol. The molecule has 8 heterocycles. The molecule has 4 bridgehead atoms. The zero-order valence-corrected chi connectivity index (χ0v) is 42.7. The SMILES string of the molecule is CC(CCCCNC(=O)CCCC[C@@H]1SC[C@@H]2NC(=O)N[C@@H]21)[C@H](O)C(=O)N[C@H]1Cc2ccc3c(c2)[C@@]2(c4ccccc4O[C@@H]2O3)c2oc(nc2-c2nc(Cl)c(-c3c(Cl)[nH]c4ccccc34)o2)[C@H](C(C)C)NC1=O. The van der Waals surface area contributed by atoms with E-state index in [1.807, 2.05) is 92.3 Å². The summed E-state index contributed by atoms with van der Waals surface area (Å²) in [5.74, 6) is 0.769. The summed E-state index contributed by atoms with van der Waals surface area (Å²) in [6.07, 6.45) is 2.62. The minimum atomic E-state index is -1.41. The first-order valence-electron chi connectivity index (χ1n) is 25.0. The number of urea groups is 1. The number of benzene rings is 3. The maximum absolute atomic E-state index is 14.6. The molecule has 0 aliphatic carbocycles. The van der Waals surface area contributed by atoms with Gasteiger partial charge in [0.05, 0.1) is 17.6 Å². The lowest BCUT2D eigenvalue weighted by Crippen LogP contribution is -2.52. The van der Waals surface area contributed by atoms with Crippen LogP contribution in [0.25, 0.3) is 33.8 Å². The second-order valence-corrected chi connectivity index (χ2v) is 22.1. The van der Waals surface area contributed by atoms with Gasteiger partial charge in [-0.15, -0.1) is 0 Å². The number of aliphatic hydroxyl groups excluding tert-OH is 1. The Morgan fingerprint density at radius 3 is 2.55 bits per heavy atom. The molecule has 9 atom stereocenters. The van der Waals surface area contributed by atoms with Gasteiger partial charge in [-0.3, -0.25) is 14.4 Å². The molecule has 20 heteroatoms. The van der Waals surface area contributed by atoms with E-state index in [9.17, 15) is 24.3 Å². The number of thioether (sulfide) groups is 1. The second-order valence-electron chi connectivity index (χ2n) is 20.1. The van der Waals surface area contributed by atoms with E-state index in [0.717, 1.165) is 41.5 Å². The zero-order valence-electron chi connectivity index (χ0n) is 40.4. The summed E-state index contributed by atoms with van der Waals surface area (Å²) in [7, 11) is 0. The molecule has 17 nitrogen and oxygen atoms in total. The van der Waals surface area contributed by atoms with Crippen LogP contribution < -0.4 is 36.1 Å². The number of hydrogen-bond donors (Lipinski definition) is 7. The van der Waals surface area contributed by atoms with Crippen molar-refractivity contribution < 1.29 is 42.6 Å². The fourth-order valence-corrected chi connectivity index (χ4v) is 13.1. The van der Waals surface area contributed by atoms with Crippen LogP contribution in [0.4, 0.5) is 4.79 Å². The van der Waals surface area contributed by atoms with Crippen LogP contribution in [0.5, 0.6) is 11.5 Å². The molecule has 2 saturated heterocycles. The number of aromatic amines is 1. The third kappa shape index (κ3) is 8.97. The molecule has 7 N–H and O–H groups in total. The number of halogens is 2. The molecule has 0 radical (unpaired) electrons. The highest BCUT2D eigenvalue weighted by Gasteiger charge is 2.63. The molecule has 6 aromatic rings. The van der Waals surface area contributed by atoms with E-state index in [-0.39, 0.29) is 64.7 Å². The number of aromatic nitrogens is 3. The van der Waals surface area contributed by atoms with Crippen molar-refractivity contribution in [3.05, 3.63) is 105 Å². The normalized spacial score (nSPS) is 24.3. The third-order valence-electron chi connectivity index (χ3n) is 14.9. The van der Waals surface area contributed by atoms with Gasteiger partial charge >= 0.3 is 6.03 Å². The molecule has 5 aliphatic rings. The Morgan fingerprint density at radius 1 is 0.918 bits per heavy atom. The van der Waals surface area contributed by atoms with Gasteiger partial charge in [-0.25, -0.2) is 9.78 Å². The van der Waals surface area contributed by atoms with E-state index >= 15 is 0 Å². The maximum atomic E-state index is 14.6. The van der Waals surface area contributed by atoms with Crippen molar-refractivity contribution >= 4 is 69.6 Å². The van der Waals surface area contributed by atoms with Gasteiger partial charge < -0.3 is 55.0 Å². The standard InChI is InChI=1S/C53H56Cl2N8O9S/c1-25(2)39-49-61-41(50-63-46(55)43(71-50)38-28-13-4-6-15-31(28)57-45(38)54)44(72-49)53-29-14-5-7-16-34(29)69-51(53)70-35-20-19-27(22-30(35)53)23-32(47(66)60-39)58-48(67)42(65)26(3)12-10-11-21-56-37(64)18-9-8-17-36-40-33(24-73-36)59-52(68)62-40/h4-7,13-16,19-20,22,25-26,32-33,36,39-40,42,51,57,65H,8-12,17-18,21,23-24H2,1-3H3,(H,56,64)(H,58,67)(H,60,66)(H2,59,62,68)/t26?,32-,33-,36-,39-,40-,42-,51+,53-/m0/s1. The number of amides is 5. The first kappa shape index (κ1) is 49.0. The quantitative estimate of drug-likeness (QED) is 0.0360. The Bertz CT molecular complexity index is 3120. The number of rotatable bonds is 16. The Labute approximate surface area is 435 Å². The van der Waals surface area contributed by atoms with Gasteiger partial charge in [0, 0.05) is 52.4 Å². The average Bonchev–Trinajstić information content (AvgIpc) is 4.26. The van der Waals surface area contributed by atoms with Crippen LogP contribution in [0.3, 0.4) is 0 Å². The van der Waals surface area contributed by atoms with Crippen LogP contribution in [0.15, 0.2) is 75.6 Å². The summed E-state index contributed by atoms with van der Waals surface area (Å²) >= 11 is 15.6. The molecule has 5 amide bonds. The van der Waals surface area contributed by atoms with Crippen LogP contribution >= 0.6 is 35.0 Å². The number of unbranched alkanes of at least 4 members (excludes halogenated alkanes) is 2. The Morgan fingerprint density at radius 2 is 1.71 bits per heavy atom. The Kier molecular flexibility index (Phi) is 13.4. The summed E-state index contributed by atoms with van der Waals surface area (Å²) in [6, 6.07) is 19.1. The number of H-pyrrole nitrogens is 1. The molecule has 382 valence electrons. The summed E-state index contributed by atoms with van der Waals surface area (Å²) in [5, 5.41) is 27.9. The summed E-state index contributed by atoms with van der Waals surface area (Å²) in [4.78, 5) is 65.8. The number of carbonyl (C=O) groups excluding carboxylic acids is 4. The Balaban J connectivity index is 0.811. The lowest BCUT2D eigenvalue weighted by Gasteiger charge is -2.28. The van der Waals surface area contributed by atoms with E-state index in [1.165, 1.54) is 0 Å². The lowest BCUT2D eigenvalue weighted by molar-refractivity contribution is -0.136. The predicted octanol–water partition coefficient (Wildman–Crippen LogP) is 8.09. The van der Waals surface area contributed by atoms with Gasteiger partial charge in [-0.2, -0.15) is 16.7 Å². The number of nitrogens with one attached hydrogen (secondary N) is 6. The largest absolute Gasteiger partial charge is 0.453 e. The Hall–Kier alpha value is -6.21. The molecule has 5 aliphatic heterocycles. The van der Waals surface area contributed by atoms with E-state index in [4.69, 9.17) is 51.5 Å². The lowest BCUT2D eigenvalue weighted by atomic mass is 9.72. The van der Waals surface area contributed by atoms with E-state index < -0.39 is 47.6 Å². The van der Waals surface area contributed by atoms with Crippen molar-refractivity contribution in [2.75, 3.05) is 12.3 Å². The topological polar surface area (TPSA) is 235 Å². The first-order chi connectivity index (χ1) is 35.3. The number of para-hydroxylation sites is 2. The predicted molar refractivity (Wildman–Crippen MR) is 274 cm³/mol.